The zero-order valence-corrected chi connectivity index (χ0v) is 18.6. The van der Waals surface area contributed by atoms with E-state index in [1.54, 1.807) is 6.26 Å². The zero-order valence-electron chi connectivity index (χ0n) is 18.6. The van der Waals surface area contributed by atoms with Crippen LogP contribution in [0.2, 0.25) is 0 Å². The largest absolute Gasteiger partial charge is 0.467 e. The molecule has 0 radical (unpaired) electrons. The van der Waals surface area contributed by atoms with E-state index in [4.69, 9.17) is 15.1 Å². The lowest BCUT2D eigenvalue weighted by atomic mass is 9.96. The summed E-state index contributed by atoms with van der Waals surface area (Å²) in [5, 5.41) is 1.06. The smallest absolute Gasteiger partial charge is 0.143 e. The molecule has 5 aromatic rings. The Hall–Kier alpha value is -3.79. The second-order valence-electron chi connectivity index (χ2n) is 8.83. The highest BCUT2D eigenvalue weighted by molar-refractivity contribution is 6.09. The molecule has 0 saturated heterocycles. The van der Waals surface area contributed by atoms with E-state index in [1.165, 1.54) is 24.8 Å². The molecule has 0 amide bonds. The number of nitrogen functional groups attached to an aromatic ring is 1. The van der Waals surface area contributed by atoms with Crippen LogP contribution in [0.25, 0.3) is 33.4 Å². The first-order valence-corrected chi connectivity index (χ1v) is 11.8. The minimum absolute atomic E-state index is 0.603. The van der Waals surface area contributed by atoms with Crippen molar-refractivity contribution in [1.82, 2.24) is 9.55 Å². The molecule has 3 heterocycles. The SMILES string of the molecule is Nc1c2c(nc3c1c(-c1ccccc1)c(-c1ccccc1)n3Cc1ccco1)CCCCC2. The van der Waals surface area contributed by atoms with Gasteiger partial charge >= 0.3 is 0 Å². The average Bonchev–Trinajstić information content (AvgIpc) is 3.40. The van der Waals surface area contributed by atoms with Gasteiger partial charge < -0.3 is 14.7 Å². The second kappa shape index (κ2) is 8.28. The number of furan rings is 1. The Kier molecular flexibility index (Phi) is 4.99. The van der Waals surface area contributed by atoms with Gasteiger partial charge in [-0.15, -0.1) is 0 Å². The highest BCUT2D eigenvalue weighted by Crippen LogP contribution is 2.45. The number of fused-ring (bicyclic) bond motifs is 2. The van der Waals surface area contributed by atoms with Gasteiger partial charge in [0.2, 0.25) is 0 Å². The third-order valence-corrected chi connectivity index (χ3v) is 6.76. The number of pyridine rings is 1. The number of hydrogen-bond acceptors (Lipinski definition) is 3. The molecule has 2 aromatic carbocycles. The maximum absolute atomic E-state index is 7.00. The van der Waals surface area contributed by atoms with Gasteiger partial charge in [-0.3, -0.25) is 0 Å². The highest BCUT2D eigenvalue weighted by Gasteiger charge is 2.26. The van der Waals surface area contributed by atoms with Gasteiger partial charge in [-0.25, -0.2) is 4.98 Å². The van der Waals surface area contributed by atoms with E-state index in [0.29, 0.717) is 6.54 Å². The molecular formula is C29H27N3O. The lowest BCUT2D eigenvalue weighted by molar-refractivity contribution is 0.497. The summed E-state index contributed by atoms with van der Waals surface area (Å²) in [6.07, 6.45) is 7.29. The van der Waals surface area contributed by atoms with Crippen molar-refractivity contribution in [1.29, 1.82) is 0 Å². The van der Waals surface area contributed by atoms with Crippen molar-refractivity contribution in [2.24, 2.45) is 0 Å². The molecule has 2 N–H and O–H groups in total. The lowest BCUT2D eigenvalue weighted by Crippen LogP contribution is -2.06. The molecule has 3 aromatic heterocycles. The fourth-order valence-corrected chi connectivity index (χ4v) is 5.23. The summed E-state index contributed by atoms with van der Waals surface area (Å²) in [5.74, 6) is 0.902. The predicted octanol–water partition coefficient (Wildman–Crippen LogP) is 6.86. The van der Waals surface area contributed by atoms with Crippen LogP contribution in [0.5, 0.6) is 0 Å². The van der Waals surface area contributed by atoms with Gasteiger partial charge in [-0.2, -0.15) is 0 Å². The minimum Gasteiger partial charge on any atom is -0.467 e. The summed E-state index contributed by atoms with van der Waals surface area (Å²) in [6, 6.07) is 25.1. The monoisotopic (exact) mass is 433 g/mol. The number of nitrogens with zero attached hydrogens (tertiary/aromatic N) is 2. The van der Waals surface area contributed by atoms with E-state index in [9.17, 15) is 0 Å². The topological polar surface area (TPSA) is 57.0 Å². The highest BCUT2D eigenvalue weighted by atomic mass is 16.3. The number of nitrogens with two attached hydrogens (primary N) is 1. The Labute approximate surface area is 193 Å². The summed E-state index contributed by atoms with van der Waals surface area (Å²) in [4.78, 5) is 5.29. The molecule has 4 nitrogen and oxygen atoms in total. The van der Waals surface area contributed by atoms with Crippen LogP contribution in [0.15, 0.2) is 83.5 Å². The molecule has 4 heteroatoms. The molecule has 1 aliphatic rings. The maximum Gasteiger partial charge on any atom is 0.143 e. The van der Waals surface area contributed by atoms with Crippen LogP contribution in [0.1, 0.15) is 36.3 Å². The van der Waals surface area contributed by atoms with Gasteiger partial charge in [0.25, 0.3) is 0 Å². The molecule has 0 atom stereocenters. The molecule has 0 aliphatic heterocycles. The molecule has 6 rings (SSSR count). The van der Waals surface area contributed by atoms with Crippen LogP contribution in [0, 0.1) is 0 Å². The van der Waals surface area contributed by atoms with E-state index >= 15 is 0 Å². The summed E-state index contributed by atoms with van der Waals surface area (Å²) in [5.41, 5.74) is 15.8. The van der Waals surface area contributed by atoms with Crippen LogP contribution in [0.3, 0.4) is 0 Å². The number of anilines is 1. The first kappa shape index (κ1) is 19.9. The van der Waals surface area contributed by atoms with Crippen LogP contribution < -0.4 is 5.73 Å². The summed E-state index contributed by atoms with van der Waals surface area (Å²) in [7, 11) is 0. The molecule has 1 aliphatic carbocycles. The van der Waals surface area contributed by atoms with E-state index in [-0.39, 0.29) is 0 Å². The fourth-order valence-electron chi connectivity index (χ4n) is 5.23. The van der Waals surface area contributed by atoms with Crippen molar-refractivity contribution in [3.05, 3.63) is 96.1 Å². The van der Waals surface area contributed by atoms with Gasteiger partial charge in [0.15, 0.2) is 0 Å². The van der Waals surface area contributed by atoms with Crippen molar-refractivity contribution < 1.29 is 4.42 Å². The van der Waals surface area contributed by atoms with E-state index in [1.807, 2.05) is 12.1 Å². The van der Waals surface area contributed by atoms with Crippen molar-refractivity contribution in [3.63, 3.8) is 0 Å². The van der Waals surface area contributed by atoms with Crippen molar-refractivity contribution in [3.8, 4) is 22.4 Å². The Bertz CT molecular complexity index is 1400. The summed E-state index contributed by atoms with van der Waals surface area (Å²) < 4.78 is 8.07. The number of rotatable bonds is 4. The fraction of sp³-hybridized carbons (Fsp3) is 0.207. The van der Waals surface area contributed by atoms with Gasteiger partial charge in [-0.05, 0) is 54.5 Å². The number of benzene rings is 2. The van der Waals surface area contributed by atoms with Gasteiger partial charge in [0.05, 0.1) is 23.9 Å². The molecule has 0 unspecified atom stereocenters. The minimum atomic E-state index is 0.603. The summed E-state index contributed by atoms with van der Waals surface area (Å²) >= 11 is 0. The van der Waals surface area contributed by atoms with Crippen molar-refractivity contribution >= 4 is 16.7 Å². The standard InChI is InChI=1S/C29H27N3O/c30-27-23-16-8-3-9-17-24(23)31-29-26(27)25(20-11-4-1-5-12-20)28(21-13-6-2-7-14-21)32(29)19-22-15-10-18-33-22/h1-2,4-7,10-15,18H,3,8-9,16-17,19H2,(H2,30,31). The average molecular weight is 434 g/mol. The molecule has 0 fully saturated rings. The van der Waals surface area contributed by atoms with E-state index in [2.05, 4.69) is 65.2 Å². The number of aromatic nitrogens is 2. The lowest BCUT2D eigenvalue weighted by Gasteiger charge is -2.12. The van der Waals surface area contributed by atoms with Crippen LogP contribution in [-0.4, -0.2) is 9.55 Å². The Morgan fingerprint density at radius 1 is 0.818 bits per heavy atom. The zero-order chi connectivity index (χ0) is 22.2. The quantitative estimate of drug-likeness (QED) is 0.315. The first-order valence-electron chi connectivity index (χ1n) is 11.8. The van der Waals surface area contributed by atoms with Gasteiger partial charge in [0.1, 0.15) is 11.4 Å². The molecule has 0 bridgehead atoms. The second-order valence-corrected chi connectivity index (χ2v) is 8.83. The van der Waals surface area contributed by atoms with Crippen LogP contribution in [0.4, 0.5) is 5.69 Å². The maximum atomic E-state index is 7.00. The Morgan fingerprint density at radius 2 is 1.55 bits per heavy atom. The Balaban J connectivity index is 1.75. The summed E-state index contributed by atoms with van der Waals surface area (Å²) in [6.45, 7) is 0.603. The molecule has 0 spiro atoms. The van der Waals surface area contributed by atoms with Gasteiger partial charge in [-0.1, -0.05) is 67.1 Å². The van der Waals surface area contributed by atoms with Gasteiger partial charge in [0, 0.05) is 16.9 Å². The number of hydrogen-bond donors (Lipinski definition) is 1. The number of aryl methyl sites for hydroxylation is 1. The third kappa shape index (κ3) is 3.43. The van der Waals surface area contributed by atoms with Crippen molar-refractivity contribution in [2.45, 2.75) is 38.6 Å². The third-order valence-electron chi connectivity index (χ3n) is 6.76. The van der Waals surface area contributed by atoms with Crippen molar-refractivity contribution in [2.75, 3.05) is 5.73 Å². The predicted molar refractivity (Wildman–Crippen MR) is 134 cm³/mol. The normalized spacial score (nSPS) is 13.7. The molecule has 0 saturated carbocycles. The first-order chi connectivity index (χ1) is 16.3. The molecule has 33 heavy (non-hydrogen) atoms. The molecular weight excluding hydrogens is 406 g/mol. The van der Waals surface area contributed by atoms with Crippen LogP contribution in [-0.2, 0) is 19.4 Å². The molecule has 164 valence electrons. The van der Waals surface area contributed by atoms with E-state index in [0.717, 1.165) is 63.4 Å². The van der Waals surface area contributed by atoms with E-state index < -0.39 is 0 Å². The van der Waals surface area contributed by atoms with Crippen LogP contribution >= 0.6 is 0 Å². The Morgan fingerprint density at radius 3 is 2.27 bits per heavy atom.